The van der Waals surface area contributed by atoms with Crippen molar-refractivity contribution in [1.29, 1.82) is 0 Å². The van der Waals surface area contributed by atoms with Crippen LogP contribution in [0.5, 0.6) is 0 Å². The van der Waals surface area contributed by atoms with Gasteiger partial charge in [0.05, 0.1) is 15.7 Å². The van der Waals surface area contributed by atoms with Gasteiger partial charge in [0.25, 0.3) is 0 Å². The minimum Gasteiger partial charge on any atom is -0.384 e. The van der Waals surface area contributed by atoms with E-state index in [4.69, 9.17) is 23.2 Å². The van der Waals surface area contributed by atoms with Crippen molar-refractivity contribution in [3.05, 3.63) is 58.1 Å². The molecule has 0 saturated heterocycles. The van der Waals surface area contributed by atoms with Crippen molar-refractivity contribution in [2.45, 2.75) is 19.8 Å². The largest absolute Gasteiger partial charge is 0.384 e. The smallest absolute Gasteiger partial charge is 0.226 e. The Balaban J connectivity index is 1.88. The second-order valence-corrected chi connectivity index (χ2v) is 5.65. The van der Waals surface area contributed by atoms with Gasteiger partial charge >= 0.3 is 0 Å². The molecule has 2 N–H and O–H groups in total. The third-order valence-corrected chi connectivity index (χ3v) is 3.92. The molecule has 2 rings (SSSR count). The van der Waals surface area contributed by atoms with E-state index in [2.05, 4.69) is 23.6 Å². The Bertz CT molecular complexity index is 639. The summed E-state index contributed by atoms with van der Waals surface area (Å²) in [5.41, 5.74) is 2.76. The Morgan fingerprint density at radius 1 is 1.05 bits per heavy atom. The Hall–Kier alpha value is -1.71. The summed E-state index contributed by atoms with van der Waals surface area (Å²) < 4.78 is 0. The second-order valence-electron chi connectivity index (χ2n) is 4.83. The van der Waals surface area contributed by atoms with Crippen molar-refractivity contribution in [2.75, 3.05) is 17.2 Å². The number of nitrogens with one attached hydrogen (secondary N) is 2. The quantitative estimate of drug-likeness (QED) is 0.779. The molecule has 0 unspecified atom stereocenters. The zero-order valence-corrected chi connectivity index (χ0v) is 13.8. The number of carbonyl (C=O) groups is 1. The lowest BCUT2D eigenvalue weighted by molar-refractivity contribution is -0.115. The van der Waals surface area contributed by atoms with Crippen LogP contribution >= 0.6 is 23.2 Å². The first-order valence-corrected chi connectivity index (χ1v) is 7.93. The van der Waals surface area contributed by atoms with Crippen molar-refractivity contribution >= 4 is 40.5 Å². The van der Waals surface area contributed by atoms with E-state index in [0.717, 1.165) is 12.1 Å². The molecule has 0 aliphatic carbocycles. The van der Waals surface area contributed by atoms with Gasteiger partial charge in [-0.1, -0.05) is 54.4 Å². The number of carbonyl (C=O) groups excluding carboxylic acids is 1. The summed E-state index contributed by atoms with van der Waals surface area (Å²) in [7, 11) is 0. The SMILES string of the molecule is CCc1ccccc1NCCC(=O)Nc1c(Cl)cccc1Cl. The number of para-hydroxylation sites is 2. The molecule has 0 fully saturated rings. The van der Waals surface area contributed by atoms with Gasteiger partial charge in [0.15, 0.2) is 0 Å². The topological polar surface area (TPSA) is 41.1 Å². The van der Waals surface area contributed by atoms with Gasteiger partial charge in [0, 0.05) is 18.7 Å². The van der Waals surface area contributed by atoms with Crippen molar-refractivity contribution in [1.82, 2.24) is 0 Å². The van der Waals surface area contributed by atoms with E-state index in [9.17, 15) is 4.79 Å². The summed E-state index contributed by atoms with van der Waals surface area (Å²) in [6, 6.07) is 13.2. The summed E-state index contributed by atoms with van der Waals surface area (Å²) in [5.74, 6) is -0.128. The van der Waals surface area contributed by atoms with E-state index in [1.807, 2.05) is 18.2 Å². The number of hydrogen-bond acceptors (Lipinski definition) is 2. The van der Waals surface area contributed by atoms with E-state index in [-0.39, 0.29) is 5.91 Å². The maximum atomic E-state index is 12.0. The Morgan fingerprint density at radius 2 is 1.73 bits per heavy atom. The van der Waals surface area contributed by atoms with Crippen LogP contribution in [0.25, 0.3) is 0 Å². The number of amides is 1. The Morgan fingerprint density at radius 3 is 2.41 bits per heavy atom. The maximum Gasteiger partial charge on any atom is 0.226 e. The Labute approximate surface area is 140 Å². The molecule has 5 heteroatoms. The predicted octanol–water partition coefficient (Wildman–Crippen LogP) is 5.00. The molecular formula is C17H18Cl2N2O. The van der Waals surface area contributed by atoms with Crippen molar-refractivity contribution in [2.24, 2.45) is 0 Å². The highest BCUT2D eigenvalue weighted by atomic mass is 35.5. The number of anilines is 2. The molecule has 0 spiro atoms. The van der Waals surface area contributed by atoms with E-state index >= 15 is 0 Å². The number of rotatable bonds is 6. The zero-order chi connectivity index (χ0) is 15.9. The van der Waals surface area contributed by atoms with Crippen molar-refractivity contribution in [3.63, 3.8) is 0 Å². The fourth-order valence-corrected chi connectivity index (χ4v) is 2.62. The van der Waals surface area contributed by atoms with Crippen LogP contribution in [0.1, 0.15) is 18.9 Å². The van der Waals surface area contributed by atoms with Crippen LogP contribution in [0, 0.1) is 0 Å². The van der Waals surface area contributed by atoms with Crippen LogP contribution in [0.4, 0.5) is 11.4 Å². The van der Waals surface area contributed by atoms with Crippen LogP contribution in [0.2, 0.25) is 10.0 Å². The van der Waals surface area contributed by atoms with Gasteiger partial charge in [0.2, 0.25) is 5.91 Å². The average Bonchev–Trinajstić information content (AvgIpc) is 2.51. The highest BCUT2D eigenvalue weighted by Gasteiger charge is 2.09. The van der Waals surface area contributed by atoms with E-state index in [0.29, 0.717) is 28.7 Å². The van der Waals surface area contributed by atoms with Gasteiger partial charge in [-0.15, -0.1) is 0 Å². The minimum absolute atomic E-state index is 0.128. The fraction of sp³-hybridized carbons (Fsp3) is 0.235. The van der Waals surface area contributed by atoms with Gasteiger partial charge in [-0.2, -0.15) is 0 Å². The molecular weight excluding hydrogens is 319 g/mol. The molecule has 2 aromatic rings. The van der Waals surface area contributed by atoms with Gasteiger partial charge in [-0.3, -0.25) is 4.79 Å². The standard InChI is InChI=1S/C17H18Cl2N2O/c1-2-12-6-3-4-9-15(12)20-11-10-16(22)21-17-13(18)7-5-8-14(17)19/h3-9,20H,2,10-11H2,1H3,(H,21,22). The van der Waals surface area contributed by atoms with Crippen LogP contribution in [0.15, 0.2) is 42.5 Å². The molecule has 0 radical (unpaired) electrons. The monoisotopic (exact) mass is 336 g/mol. The van der Waals surface area contributed by atoms with Crippen LogP contribution < -0.4 is 10.6 Å². The summed E-state index contributed by atoms with van der Waals surface area (Å²) in [6.07, 6.45) is 1.28. The molecule has 0 aliphatic heterocycles. The van der Waals surface area contributed by atoms with Crippen LogP contribution in [-0.4, -0.2) is 12.5 Å². The molecule has 1 amide bonds. The van der Waals surface area contributed by atoms with Gasteiger partial charge < -0.3 is 10.6 Å². The highest BCUT2D eigenvalue weighted by Crippen LogP contribution is 2.29. The molecule has 2 aromatic carbocycles. The predicted molar refractivity (Wildman–Crippen MR) is 94.0 cm³/mol. The molecule has 116 valence electrons. The molecule has 0 atom stereocenters. The maximum absolute atomic E-state index is 12.0. The van der Waals surface area contributed by atoms with Crippen molar-refractivity contribution in [3.8, 4) is 0 Å². The van der Waals surface area contributed by atoms with Crippen LogP contribution in [0.3, 0.4) is 0 Å². The molecule has 0 bridgehead atoms. The molecule has 0 aromatic heterocycles. The molecule has 0 aliphatic rings. The summed E-state index contributed by atoms with van der Waals surface area (Å²) in [4.78, 5) is 12.0. The molecule has 0 saturated carbocycles. The summed E-state index contributed by atoms with van der Waals surface area (Å²) in [5, 5.41) is 6.90. The lowest BCUT2D eigenvalue weighted by Gasteiger charge is -2.12. The van der Waals surface area contributed by atoms with E-state index in [1.165, 1.54) is 5.56 Å². The molecule has 3 nitrogen and oxygen atoms in total. The highest BCUT2D eigenvalue weighted by molar-refractivity contribution is 6.39. The number of hydrogen-bond donors (Lipinski definition) is 2. The van der Waals surface area contributed by atoms with E-state index in [1.54, 1.807) is 18.2 Å². The first-order chi connectivity index (χ1) is 10.6. The number of halogens is 2. The van der Waals surface area contributed by atoms with Crippen molar-refractivity contribution < 1.29 is 4.79 Å². The third kappa shape index (κ3) is 4.39. The van der Waals surface area contributed by atoms with Gasteiger partial charge in [0.1, 0.15) is 0 Å². The zero-order valence-electron chi connectivity index (χ0n) is 12.3. The molecule has 22 heavy (non-hydrogen) atoms. The average molecular weight is 337 g/mol. The van der Waals surface area contributed by atoms with E-state index < -0.39 is 0 Å². The fourth-order valence-electron chi connectivity index (χ4n) is 2.13. The molecule has 0 heterocycles. The number of benzene rings is 2. The lowest BCUT2D eigenvalue weighted by atomic mass is 10.1. The third-order valence-electron chi connectivity index (χ3n) is 3.29. The Kier molecular flexibility index (Phi) is 6.10. The lowest BCUT2D eigenvalue weighted by Crippen LogP contribution is -2.17. The van der Waals surface area contributed by atoms with Crippen LogP contribution in [-0.2, 0) is 11.2 Å². The first-order valence-electron chi connectivity index (χ1n) is 7.17. The minimum atomic E-state index is -0.128. The number of aryl methyl sites for hydroxylation is 1. The first kappa shape index (κ1) is 16.7. The second kappa shape index (κ2) is 8.06. The van der Waals surface area contributed by atoms with Gasteiger partial charge in [-0.05, 0) is 30.2 Å². The normalized spacial score (nSPS) is 10.3. The summed E-state index contributed by atoms with van der Waals surface area (Å²) in [6.45, 7) is 2.65. The summed E-state index contributed by atoms with van der Waals surface area (Å²) >= 11 is 12.1. The van der Waals surface area contributed by atoms with Gasteiger partial charge in [-0.25, -0.2) is 0 Å².